The number of nitrogens with zero attached hydrogens (tertiary/aromatic N) is 1. The molecule has 0 aliphatic heterocycles. The van der Waals surface area contributed by atoms with Crippen LogP contribution >= 0.6 is 11.6 Å². The van der Waals surface area contributed by atoms with Crippen LogP contribution in [0.25, 0.3) is 11.0 Å². The second-order valence-electron chi connectivity index (χ2n) is 4.88. The molecular weight excluding hydrogens is 286 g/mol. The Kier molecular flexibility index (Phi) is 3.62. The van der Waals surface area contributed by atoms with Crippen molar-refractivity contribution in [3.8, 4) is 0 Å². The van der Waals surface area contributed by atoms with Gasteiger partial charge >= 0.3 is 0 Å². The first kappa shape index (κ1) is 13.6. The van der Waals surface area contributed by atoms with E-state index < -0.39 is 0 Å². The number of hydrogen-bond donors (Lipinski definition) is 2. The molecule has 4 nitrogen and oxygen atoms in total. The maximum absolute atomic E-state index is 12.3. The van der Waals surface area contributed by atoms with Crippen molar-refractivity contribution in [3.05, 3.63) is 64.9 Å². The number of benzene rings is 2. The summed E-state index contributed by atoms with van der Waals surface area (Å²) in [7, 11) is 0. The first-order valence-corrected chi connectivity index (χ1v) is 7.01. The van der Waals surface area contributed by atoms with E-state index in [1.165, 1.54) is 0 Å². The predicted molar refractivity (Wildman–Crippen MR) is 83.4 cm³/mol. The first-order chi connectivity index (χ1) is 10.1. The Balaban J connectivity index is 1.77. The summed E-state index contributed by atoms with van der Waals surface area (Å²) in [6.45, 7) is 1.94. The summed E-state index contributed by atoms with van der Waals surface area (Å²) in [5, 5.41) is 3.65. The lowest BCUT2D eigenvalue weighted by molar-refractivity contribution is 0.0940. The van der Waals surface area contributed by atoms with E-state index >= 15 is 0 Å². The number of rotatable bonds is 3. The lowest BCUT2D eigenvalue weighted by Crippen LogP contribution is -2.26. The third-order valence-electron chi connectivity index (χ3n) is 3.40. The van der Waals surface area contributed by atoms with Gasteiger partial charge in [0.1, 0.15) is 0 Å². The van der Waals surface area contributed by atoms with Gasteiger partial charge in [0.25, 0.3) is 5.91 Å². The van der Waals surface area contributed by atoms with Crippen LogP contribution in [0.2, 0.25) is 5.02 Å². The van der Waals surface area contributed by atoms with Crippen LogP contribution in [0.3, 0.4) is 0 Å². The van der Waals surface area contributed by atoms with E-state index in [0.717, 1.165) is 16.6 Å². The summed E-state index contributed by atoms with van der Waals surface area (Å²) in [5.41, 5.74) is 3.31. The molecule has 0 unspecified atom stereocenters. The molecule has 0 saturated carbocycles. The van der Waals surface area contributed by atoms with Gasteiger partial charge in [0, 0.05) is 10.6 Å². The van der Waals surface area contributed by atoms with Crippen LogP contribution in [0.4, 0.5) is 0 Å². The van der Waals surface area contributed by atoms with Gasteiger partial charge in [0.15, 0.2) is 0 Å². The number of nitrogens with one attached hydrogen (secondary N) is 2. The standard InChI is InChI=1S/C16H14ClN3O/c1-10(11-2-5-13(17)6-3-11)20-16(21)12-4-7-14-15(8-12)19-9-18-14/h2-10H,1H3,(H,18,19)(H,20,21)/t10-/m0/s1. The number of carbonyl (C=O) groups is 1. The molecule has 106 valence electrons. The zero-order valence-electron chi connectivity index (χ0n) is 11.4. The lowest BCUT2D eigenvalue weighted by atomic mass is 10.1. The number of H-pyrrole nitrogens is 1. The highest BCUT2D eigenvalue weighted by atomic mass is 35.5. The molecule has 3 rings (SSSR count). The maximum Gasteiger partial charge on any atom is 0.251 e. The molecule has 0 fully saturated rings. The van der Waals surface area contributed by atoms with Gasteiger partial charge in [-0.15, -0.1) is 0 Å². The molecule has 0 spiro atoms. The second-order valence-corrected chi connectivity index (χ2v) is 5.32. The van der Waals surface area contributed by atoms with E-state index in [4.69, 9.17) is 11.6 Å². The topological polar surface area (TPSA) is 57.8 Å². The highest BCUT2D eigenvalue weighted by Gasteiger charge is 2.12. The molecular formula is C16H14ClN3O. The average molecular weight is 300 g/mol. The Morgan fingerprint density at radius 1 is 1.24 bits per heavy atom. The Bertz CT molecular complexity index is 780. The number of aromatic amines is 1. The number of imidazole rings is 1. The van der Waals surface area contributed by atoms with Gasteiger partial charge in [-0.1, -0.05) is 23.7 Å². The van der Waals surface area contributed by atoms with E-state index in [-0.39, 0.29) is 11.9 Å². The van der Waals surface area contributed by atoms with Gasteiger partial charge < -0.3 is 10.3 Å². The smallest absolute Gasteiger partial charge is 0.251 e. The number of amides is 1. The Morgan fingerprint density at radius 3 is 2.76 bits per heavy atom. The van der Waals surface area contributed by atoms with E-state index in [0.29, 0.717) is 10.6 Å². The minimum atomic E-state index is -0.117. The fraction of sp³-hybridized carbons (Fsp3) is 0.125. The lowest BCUT2D eigenvalue weighted by Gasteiger charge is -2.14. The number of halogens is 1. The van der Waals surface area contributed by atoms with Crippen molar-refractivity contribution in [1.29, 1.82) is 0 Å². The monoisotopic (exact) mass is 299 g/mol. The number of hydrogen-bond acceptors (Lipinski definition) is 2. The minimum absolute atomic E-state index is 0.0905. The molecule has 1 atom stereocenters. The highest BCUT2D eigenvalue weighted by Crippen LogP contribution is 2.17. The summed E-state index contributed by atoms with van der Waals surface area (Å²) in [6, 6.07) is 12.8. The number of aromatic nitrogens is 2. The zero-order valence-corrected chi connectivity index (χ0v) is 12.2. The van der Waals surface area contributed by atoms with Crippen LogP contribution < -0.4 is 5.32 Å². The van der Waals surface area contributed by atoms with Crippen molar-refractivity contribution in [3.63, 3.8) is 0 Å². The molecule has 0 aliphatic carbocycles. The van der Waals surface area contributed by atoms with Crippen LogP contribution in [0.5, 0.6) is 0 Å². The molecule has 2 N–H and O–H groups in total. The SMILES string of the molecule is C[C@H](NC(=O)c1ccc2nc[nH]c2c1)c1ccc(Cl)cc1. The summed E-state index contributed by atoms with van der Waals surface area (Å²) >= 11 is 5.87. The number of carbonyl (C=O) groups excluding carboxylic acids is 1. The largest absolute Gasteiger partial charge is 0.346 e. The molecule has 1 heterocycles. The van der Waals surface area contributed by atoms with Crippen molar-refractivity contribution in [2.75, 3.05) is 0 Å². The molecule has 21 heavy (non-hydrogen) atoms. The summed E-state index contributed by atoms with van der Waals surface area (Å²) < 4.78 is 0. The molecule has 0 aliphatic rings. The second kappa shape index (κ2) is 5.58. The molecule has 2 aromatic carbocycles. The minimum Gasteiger partial charge on any atom is -0.346 e. The van der Waals surface area contributed by atoms with Gasteiger partial charge in [0.2, 0.25) is 0 Å². The number of fused-ring (bicyclic) bond motifs is 1. The summed E-state index contributed by atoms with van der Waals surface area (Å²) in [5.74, 6) is -0.117. The van der Waals surface area contributed by atoms with Crippen LogP contribution in [0.15, 0.2) is 48.8 Å². The molecule has 0 radical (unpaired) electrons. The molecule has 1 aromatic heterocycles. The fourth-order valence-electron chi connectivity index (χ4n) is 2.19. The van der Waals surface area contributed by atoms with Crippen molar-refractivity contribution in [1.82, 2.24) is 15.3 Å². The van der Waals surface area contributed by atoms with E-state index in [1.54, 1.807) is 18.5 Å². The van der Waals surface area contributed by atoms with Crippen LogP contribution in [0, 0.1) is 0 Å². The molecule has 3 aromatic rings. The van der Waals surface area contributed by atoms with Crippen molar-refractivity contribution < 1.29 is 4.79 Å². The van der Waals surface area contributed by atoms with Gasteiger partial charge in [-0.25, -0.2) is 4.98 Å². The van der Waals surface area contributed by atoms with Crippen molar-refractivity contribution in [2.24, 2.45) is 0 Å². The highest BCUT2D eigenvalue weighted by molar-refractivity contribution is 6.30. The quantitative estimate of drug-likeness (QED) is 0.774. The predicted octanol–water partition coefficient (Wildman–Crippen LogP) is 3.71. The van der Waals surface area contributed by atoms with Crippen LogP contribution in [0.1, 0.15) is 28.9 Å². The van der Waals surface area contributed by atoms with Crippen molar-refractivity contribution in [2.45, 2.75) is 13.0 Å². The average Bonchev–Trinajstić information content (AvgIpc) is 2.95. The van der Waals surface area contributed by atoms with Gasteiger partial charge in [-0.3, -0.25) is 4.79 Å². The van der Waals surface area contributed by atoms with Crippen LogP contribution in [-0.4, -0.2) is 15.9 Å². The van der Waals surface area contributed by atoms with Crippen LogP contribution in [-0.2, 0) is 0 Å². The molecule has 5 heteroatoms. The normalized spacial score (nSPS) is 12.3. The van der Waals surface area contributed by atoms with Gasteiger partial charge in [-0.05, 0) is 42.8 Å². The zero-order chi connectivity index (χ0) is 14.8. The Labute approximate surface area is 127 Å². The maximum atomic E-state index is 12.3. The van der Waals surface area contributed by atoms with Crippen molar-refractivity contribution >= 4 is 28.5 Å². The summed E-state index contributed by atoms with van der Waals surface area (Å²) in [6.07, 6.45) is 1.61. The molecule has 0 bridgehead atoms. The Morgan fingerprint density at radius 2 is 2.00 bits per heavy atom. The fourth-order valence-corrected chi connectivity index (χ4v) is 2.32. The Hall–Kier alpha value is -2.33. The summed E-state index contributed by atoms with van der Waals surface area (Å²) in [4.78, 5) is 19.4. The van der Waals surface area contributed by atoms with E-state index in [9.17, 15) is 4.79 Å². The molecule has 0 saturated heterocycles. The van der Waals surface area contributed by atoms with Gasteiger partial charge in [0.05, 0.1) is 23.4 Å². The van der Waals surface area contributed by atoms with E-state index in [1.807, 2.05) is 37.3 Å². The van der Waals surface area contributed by atoms with Gasteiger partial charge in [-0.2, -0.15) is 0 Å². The van der Waals surface area contributed by atoms with E-state index in [2.05, 4.69) is 15.3 Å². The third kappa shape index (κ3) is 2.90. The third-order valence-corrected chi connectivity index (χ3v) is 3.65. The first-order valence-electron chi connectivity index (χ1n) is 6.63. The molecule has 1 amide bonds.